The summed E-state index contributed by atoms with van der Waals surface area (Å²) in [6.07, 6.45) is 1.86. The number of thiazole rings is 1. The summed E-state index contributed by atoms with van der Waals surface area (Å²) in [6.45, 7) is 4.94. The molecule has 0 aliphatic heterocycles. The molecule has 138 valence electrons. The van der Waals surface area contributed by atoms with Gasteiger partial charge in [-0.05, 0) is 49.8 Å². The minimum atomic E-state index is -0.0672. The van der Waals surface area contributed by atoms with Crippen molar-refractivity contribution < 1.29 is 9.47 Å². The maximum absolute atomic E-state index is 12.9. The summed E-state index contributed by atoms with van der Waals surface area (Å²) in [5.41, 5.74) is 2.44. The highest BCUT2D eigenvalue weighted by atomic mass is 79.9. The van der Waals surface area contributed by atoms with E-state index in [1.54, 1.807) is 4.40 Å². The number of rotatable bonds is 5. The zero-order valence-corrected chi connectivity index (χ0v) is 17.3. The van der Waals surface area contributed by atoms with Crippen LogP contribution in [0.3, 0.4) is 0 Å². The smallest absolute Gasteiger partial charge is 0.274 e. The largest absolute Gasteiger partial charge is 0.490 e. The fourth-order valence-corrected chi connectivity index (χ4v) is 4.37. The first-order valence-electron chi connectivity index (χ1n) is 8.63. The molecule has 7 heteroatoms. The van der Waals surface area contributed by atoms with Gasteiger partial charge in [0.25, 0.3) is 5.56 Å². The lowest BCUT2D eigenvalue weighted by molar-refractivity contribution is 0.287. The van der Waals surface area contributed by atoms with E-state index in [1.165, 1.54) is 11.3 Å². The molecule has 0 fully saturated rings. The molecule has 0 N–H and O–H groups in total. The Labute approximate surface area is 168 Å². The van der Waals surface area contributed by atoms with Crippen LogP contribution in [0.1, 0.15) is 19.4 Å². The molecule has 2 aromatic carbocycles. The standard InChI is InChI=1S/C20H17BrN2O3S/c1-3-25-16-9-12(13(21)11-17(16)26-4-2)10-18-19(24)23-15-8-6-5-7-14(15)22-20(23)27-18/h5-11H,3-4H2,1-2H3. The van der Waals surface area contributed by atoms with E-state index in [0.29, 0.717) is 34.2 Å². The van der Waals surface area contributed by atoms with Gasteiger partial charge in [-0.15, -0.1) is 0 Å². The number of ether oxygens (including phenoxy) is 2. The summed E-state index contributed by atoms with van der Waals surface area (Å²) in [7, 11) is 0. The normalized spacial score (nSPS) is 12.2. The average molecular weight is 445 g/mol. The third kappa shape index (κ3) is 3.21. The lowest BCUT2D eigenvalue weighted by atomic mass is 10.2. The lowest BCUT2D eigenvalue weighted by Gasteiger charge is -2.12. The van der Waals surface area contributed by atoms with Crippen LogP contribution in [0, 0.1) is 0 Å². The predicted octanol–water partition coefficient (Wildman–Crippen LogP) is 4.02. The van der Waals surface area contributed by atoms with Gasteiger partial charge in [-0.2, -0.15) is 0 Å². The van der Waals surface area contributed by atoms with Crippen LogP contribution in [0.25, 0.3) is 22.1 Å². The zero-order valence-electron chi connectivity index (χ0n) is 14.9. The van der Waals surface area contributed by atoms with Gasteiger partial charge in [0.1, 0.15) is 0 Å². The van der Waals surface area contributed by atoms with Crippen LogP contribution in [0.4, 0.5) is 0 Å². The maximum atomic E-state index is 12.9. The number of aromatic nitrogens is 2. The fourth-order valence-electron chi connectivity index (χ4n) is 2.95. The SMILES string of the molecule is CCOc1cc(Br)c(C=c2sc3nc4ccccc4n3c2=O)cc1OCC. The van der Waals surface area contributed by atoms with Crippen molar-refractivity contribution in [1.29, 1.82) is 0 Å². The van der Waals surface area contributed by atoms with Crippen LogP contribution in [0.15, 0.2) is 45.7 Å². The third-order valence-corrected chi connectivity index (χ3v) is 5.75. The zero-order chi connectivity index (χ0) is 19.0. The molecule has 0 amide bonds. The highest BCUT2D eigenvalue weighted by Gasteiger charge is 2.13. The molecule has 0 saturated heterocycles. The molecule has 0 bridgehead atoms. The van der Waals surface area contributed by atoms with Crippen molar-refractivity contribution in [2.24, 2.45) is 0 Å². The molecule has 0 aliphatic carbocycles. The lowest BCUT2D eigenvalue weighted by Crippen LogP contribution is -2.22. The minimum absolute atomic E-state index is 0.0672. The molecule has 0 aliphatic rings. The van der Waals surface area contributed by atoms with E-state index in [1.807, 2.05) is 56.3 Å². The van der Waals surface area contributed by atoms with Crippen LogP contribution >= 0.6 is 27.3 Å². The summed E-state index contributed by atoms with van der Waals surface area (Å²) in [4.78, 5) is 18.2. The van der Waals surface area contributed by atoms with Crippen LogP contribution in [-0.4, -0.2) is 22.6 Å². The van der Waals surface area contributed by atoms with E-state index < -0.39 is 0 Å². The second-order valence-electron chi connectivity index (χ2n) is 5.82. The molecule has 4 rings (SSSR count). The van der Waals surface area contributed by atoms with Crippen molar-refractivity contribution in [3.63, 3.8) is 0 Å². The average Bonchev–Trinajstić information content (AvgIpc) is 3.16. The molecular weight excluding hydrogens is 428 g/mol. The highest BCUT2D eigenvalue weighted by molar-refractivity contribution is 9.10. The van der Waals surface area contributed by atoms with Gasteiger partial charge in [0.05, 0.1) is 28.8 Å². The van der Waals surface area contributed by atoms with Crippen molar-refractivity contribution in [2.45, 2.75) is 13.8 Å². The summed E-state index contributed by atoms with van der Waals surface area (Å²) >= 11 is 4.95. The second-order valence-corrected chi connectivity index (χ2v) is 7.68. The summed E-state index contributed by atoms with van der Waals surface area (Å²) < 4.78 is 14.5. The molecule has 2 heterocycles. The van der Waals surface area contributed by atoms with Crippen molar-refractivity contribution >= 4 is 49.3 Å². The number of imidazole rings is 1. The van der Waals surface area contributed by atoms with E-state index >= 15 is 0 Å². The summed E-state index contributed by atoms with van der Waals surface area (Å²) in [5, 5.41) is 0. The topological polar surface area (TPSA) is 52.8 Å². The van der Waals surface area contributed by atoms with E-state index in [2.05, 4.69) is 20.9 Å². The van der Waals surface area contributed by atoms with Crippen molar-refractivity contribution in [1.82, 2.24) is 9.38 Å². The predicted molar refractivity (Wildman–Crippen MR) is 112 cm³/mol. The van der Waals surface area contributed by atoms with Gasteiger partial charge in [-0.1, -0.05) is 39.4 Å². The number of halogens is 1. The Hall–Kier alpha value is -2.38. The number of benzene rings is 2. The third-order valence-electron chi connectivity index (χ3n) is 4.09. The Balaban J connectivity index is 1.89. The Morgan fingerprint density at radius 1 is 1.15 bits per heavy atom. The monoisotopic (exact) mass is 444 g/mol. The Morgan fingerprint density at radius 3 is 2.59 bits per heavy atom. The number of fused-ring (bicyclic) bond motifs is 3. The van der Waals surface area contributed by atoms with Crippen LogP contribution in [-0.2, 0) is 0 Å². The van der Waals surface area contributed by atoms with Gasteiger partial charge < -0.3 is 9.47 Å². The van der Waals surface area contributed by atoms with E-state index in [9.17, 15) is 4.79 Å². The van der Waals surface area contributed by atoms with Gasteiger partial charge >= 0.3 is 0 Å². The van der Waals surface area contributed by atoms with Crippen molar-refractivity contribution in [3.05, 3.63) is 61.3 Å². The molecule has 0 spiro atoms. The maximum Gasteiger partial charge on any atom is 0.274 e. The number of hydrogen-bond acceptors (Lipinski definition) is 5. The molecule has 27 heavy (non-hydrogen) atoms. The summed E-state index contributed by atoms with van der Waals surface area (Å²) in [5.74, 6) is 1.34. The van der Waals surface area contributed by atoms with Gasteiger partial charge in [-0.3, -0.25) is 4.79 Å². The highest BCUT2D eigenvalue weighted by Crippen LogP contribution is 2.34. The fraction of sp³-hybridized carbons (Fsp3) is 0.200. The molecule has 5 nitrogen and oxygen atoms in total. The van der Waals surface area contributed by atoms with Crippen LogP contribution in [0.5, 0.6) is 11.5 Å². The second kappa shape index (κ2) is 7.32. The van der Waals surface area contributed by atoms with E-state index in [4.69, 9.17) is 9.47 Å². The molecule has 0 radical (unpaired) electrons. The van der Waals surface area contributed by atoms with Crippen LogP contribution in [0.2, 0.25) is 0 Å². The number of hydrogen-bond donors (Lipinski definition) is 0. The molecule has 0 unspecified atom stereocenters. The minimum Gasteiger partial charge on any atom is -0.490 e. The first kappa shape index (κ1) is 18.0. The number of nitrogens with zero attached hydrogens (tertiary/aromatic N) is 2. The first-order valence-corrected chi connectivity index (χ1v) is 10.2. The van der Waals surface area contributed by atoms with Crippen molar-refractivity contribution in [2.75, 3.05) is 13.2 Å². The van der Waals surface area contributed by atoms with Gasteiger partial charge in [0.15, 0.2) is 16.5 Å². The van der Waals surface area contributed by atoms with Crippen LogP contribution < -0.4 is 19.6 Å². The van der Waals surface area contributed by atoms with Gasteiger partial charge in [0.2, 0.25) is 0 Å². The molecular formula is C20H17BrN2O3S. The van der Waals surface area contributed by atoms with Gasteiger partial charge in [-0.25, -0.2) is 9.38 Å². The Kier molecular flexibility index (Phi) is 4.88. The quantitative estimate of drug-likeness (QED) is 0.466. The first-order chi connectivity index (χ1) is 13.1. The van der Waals surface area contributed by atoms with Crippen molar-refractivity contribution in [3.8, 4) is 11.5 Å². The Morgan fingerprint density at radius 2 is 1.85 bits per heavy atom. The molecule has 0 atom stereocenters. The Bertz CT molecular complexity index is 1250. The van der Waals surface area contributed by atoms with Gasteiger partial charge in [0, 0.05) is 4.47 Å². The molecule has 4 aromatic rings. The molecule has 0 saturated carbocycles. The van der Waals surface area contributed by atoms with E-state index in [0.717, 1.165) is 21.1 Å². The van der Waals surface area contributed by atoms with E-state index in [-0.39, 0.29) is 5.56 Å². The molecule has 2 aromatic heterocycles. The number of para-hydroxylation sites is 2. The summed E-state index contributed by atoms with van der Waals surface area (Å²) in [6, 6.07) is 11.4.